The molecular formula is C38H24N2O2S. The maximum atomic E-state index is 14.1. The highest BCUT2D eigenvalue weighted by Crippen LogP contribution is 2.46. The molecule has 0 saturated heterocycles. The normalized spacial score (nSPS) is 13.6. The number of rotatable bonds is 2. The van der Waals surface area contributed by atoms with E-state index in [0.29, 0.717) is 26.5 Å². The third kappa shape index (κ3) is 3.31. The Bertz CT molecular complexity index is 2540. The summed E-state index contributed by atoms with van der Waals surface area (Å²) in [6.07, 6.45) is 0. The highest BCUT2D eigenvalue weighted by atomic mass is 32.2. The molecule has 7 aromatic carbocycles. The van der Waals surface area contributed by atoms with Crippen LogP contribution in [0.15, 0.2) is 137 Å². The molecule has 0 radical (unpaired) electrons. The Morgan fingerprint density at radius 1 is 0.558 bits per heavy atom. The largest absolute Gasteiger partial charge is 0.294 e. The summed E-state index contributed by atoms with van der Waals surface area (Å²) in [5, 5.41) is 6.83. The maximum absolute atomic E-state index is 14.1. The van der Waals surface area contributed by atoms with Crippen LogP contribution in [-0.4, -0.2) is 18.0 Å². The average molecular weight is 573 g/mol. The van der Waals surface area contributed by atoms with Gasteiger partial charge in [0.1, 0.15) is 5.82 Å². The van der Waals surface area contributed by atoms with E-state index in [4.69, 9.17) is 0 Å². The molecule has 43 heavy (non-hydrogen) atoms. The van der Waals surface area contributed by atoms with Crippen molar-refractivity contribution in [2.45, 2.75) is 16.7 Å². The molecule has 8 aromatic rings. The second-order valence-corrected chi connectivity index (χ2v) is 13.1. The van der Waals surface area contributed by atoms with Crippen molar-refractivity contribution in [3.8, 4) is 27.9 Å². The van der Waals surface area contributed by atoms with Crippen molar-refractivity contribution in [2.75, 3.05) is 0 Å². The molecule has 9 rings (SSSR count). The molecule has 0 fully saturated rings. The quantitative estimate of drug-likeness (QED) is 0.194. The highest BCUT2D eigenvalue weighted by Gasteiger charge is 2.33. The fraction of sp³-hybridized carbons (Fsp3) is 0.0263. The topological polar surface area (TPSA) is 52.0 Å². The Morgan fingerprint density at radius 2 is 1.14 bits per heavy atom. The Balaban J connectivity index is 1.36. The zero-order valence-electron chi connectivity index (χ0n) is 23.2. The number of hydrogen-bond donors (Lipinski definition) is 0. The lowest BCUT2D eigenvalue weighted by molar-refractivity contribution is 0.594. The first-order valence-electron chi connectivity index (χ1n) is 14.3. The van der Waals surface area contributed by atoms with Gasteiger partial charge in [-0.05, 0) is 91.8 Å². The summed E-state index contributed by atoms with van der Waals surface area (Å²) in [7, 11) is -3.76. The summed E-state index contributed by atoms with van der Waals surface area (Å²) in [5.41, 5.74) is 6.21. The van der Waals surface area contributed by atoms with Crippen LogP contribution in [-0.2, 0) is 9.84 Å². The Kier molecular flexibility index (Phi) is 4.89. The van der Waals surface area contributed by atoms with Gasteiger partial charge in [0.2, 0.25) is 9.84 Å². The number of aromatic nitrogens is 2. The SMILES string of the molecule is Cc1nc2cccc3c2n1-c1ccc(-c2c4ccccc4c(-c4ccc5ccccc5c4)c4ccccc24)cc1S3(=O)=O. The van der Waals surface area contributed by atoms with E-state index in [2.05, 4.69) is 102 Å². The summed E-state index contributed by atoms with van der Waals surface area (Å²) < 4.78 is 30.2. The van der Waals surface area contributed by atoms with Gasteiger partial charge in [0, 0.05) is 0 Å². The van der Waals surface area contributed by atoms with Gasteiger partial charge in [-0.1, -0.05) is 97.1 Å². The van der Waals surface area contributed by atoms with Gasteiger partial charge in [-0.25, -0.2) is 13.4 Å². The highest BCUT2D eigenvalue weighted by molar-refractivity contribution is 7.92. The predicted octanol–water partition coefficient (Wildman–Crippen LogP) is 9.27. The number of sulfone groups is 1. The van der Waals surface area contributed by atoms with Crippen molar-refractivity contribution >= 4 is 53.2 Å². The van der Waals surface area contributed by atoms with Crippen LogP contribution in [0.5, 0.6) is 0 Å². The van der Waals surface area contributed by atoms with Gasteiger partial charge in [0.05, 0.1) is 26.5 Å². The Hall–Kier alpha value is -5.26. The Labute approximate surface area is 248 Å². The minimum absolute atomic E-state index is 0.302. The van der Waals surface area contributed by atoms with Crippen molar-refractivity contribution in [3.63, 3.8) is 0 Å². The molecule has 0 spiro atoms. The summed E-state index contributed by atoms with van der Waals surface area (Å²) in [6.45, 7) is 1.92. The van der Waals surface area contributed by atoms with E-state index in [1.165, 1.54) is 16.3 Å². The van der Waals surface area contributed by atoms with Crippen molar-refractivity contribution in [3.05, 3.63) is 133 Å². The summed E-state index contributed by atoms with van der Waals surface area (Å²) in [5.74, 6) is 0.766. The third-order valence-corrected chi connectivity index (χ3v) is 10.7. The second-order valence-electron chi connectivity index (χ2n) is 11.2. The lowest BCUT2D eigenvalue weighted by Crippen LogP contribution is -2.15. The van der Waals surface area contributed by atoms with Crippen LogP contribution in [0, 0.1) is 6.92 Å². The minimum Gasteiger partial charge on any atom is -0.294 e. The molecule has 0 N–H and O–H groups in total. The fourth-order valence-electron chi connectivity index (χ4n) is 7.01. The van der Waals surface area contributed by atoms with E-state index in [0.717, 1.165) is 44.1 Å². The van der Waals surface area contributed by atoms with Gasteiger partial charge in [-0.3, -0.25) is 4.57 Å². The number of fused-ring (bicyclic) bond motifs is 5. The van der Waals surface area contributed by atoms with Gasteiger partial charge in [0.15, 0.2) is 0 Å². The molecule has 4 nitrogen and oxygen atoms in total. The van der Waals surface area contributed by atoms with E-state index in [-0.39, 0.29) is 0 Å². The first-order valence-corrected chi connectivity index (χ1v) is 15.8. The Morgan fingerprint density at radius 3 is 1.81 bits per heavy atom. The number of nitrogens with zero attached hydrogens (tertiary/aromatic N) is 2. The zero-order chi connectivity index (χ0) is 28.9. The van der Waals surface area contributed by atoms with Crippen LogP contribution in [0.25, 0.3) is 71.3 Å². The second kappa shape index (κ2) is 8.63. The smallest absolute Gasteiger partial charge is 0.210 e. The number of imidazole rings is 1. The van der Waals surface area contributed by atoms with Crippen molar-refractivity contribution in [1.29, 1.82) is 0 Å². The molecule has 0 amide bonds. The van der Waals surface area contributed by atoms with Crippen LogP contribution in [0.4, 0.5) is 0 Å². The van der Waals surface area contributed by atoms with Gasteiger partial charge in [-0.15, -0.1) is 0 Å². The summed E-state index contributed by atoms with van der Waals surface area (Å²) in [4.78, 5) is 5.27. The van der Waals surface area contributed by atoms with Gasteiger partial charge in [0.25, 0.3) is 0 Å². The van der Waals surface area contributed by atoms with Crippen LogP contribution < -0.4 is 0 Å². The van der Waals surface area contributed by atoms with Crippen molar-refractivity contribution in [2.24, 2.45) is 0 Å². The molecule has 0 unspecified atom stereocenters. The molecule has 5 heteroatoms. The van der Waals surface area contributed by atoms with E-state index in [1.54, 1.807) is 12.1 Å². The standard InChI is InChI=1S/C38H24N2O2S/c1-23-39-32-15-8-16-34-38(32)40(23)33-20-19-27(22-35(33)43(34,41)42)37-30-13-6-4-11-28(30)36(29-12-5-7-14-31(29)37)26-18-17-24-9-2-3-10-25(24)21-26/h2-22H,1H3. The number of hydrogen-bond acceptors (Lipinski definition) is 3. The first kappa shape index (κ1) is 24.3. The molecule has 0 atom stereocenters. The van der Waals surface area contributed by atoms with E-state index < -0.39 is 9.84 Å². The van der Waals surface area contributed by atoms with E-state index >= 15 is 0 Å². The number of benzene rings is 7. The van der Waals surface area contributed by atoms with Gasteiger partial charge in [-0.2, -0.15) is 0 Å². The van der Waals surface area contributed by atoms with E-state index in [1.807, 2.05) is 29.7 Å². The van der Waals surface area contributed by atoms with E-state index in [9.17, 15) is 8.42 Å². The molecule has 2 heterocycles. The van der Waals surface area contributed by atoms with Crippen LogP contribution in [0.3, 0.4) is 0 Å². The van der Waals surface area contributed by atoms with Crippen LogP contribution in [0.1, 0.15) is 5.82 Å². The molecule has 0 saturated carbocycles. The molecule has 1 aromatic heterocycles. The lowest BCUT2D eigenvalue weighted by atomic mass is 9.85. The minimum atomic E-state index is -3.76. The summed E-state index contributed by atoms with van der Waals surface area (Å²) in [6, 6.07) is 43.2. The monoisotopic (exact) mass is 572 g/mol. The zero-order valence-corrected chi connectivity index (χ0v) is 24.1. The number of aryl methyl sites for hydroxylation is 1. The lowest BCUT2D eigenvalue weighted by Gasteiger charge is -2.22. The summed E-state index contributed by atoms with van der Waals surface area (Å²) >= 11 is 0. The van der Waals surface area contributed by atoms with Crippen LogP contribution >= 0.6 is 0 Å². The molecule has 1 aliphatic heterocycles. The first-order chi connectivity index (χ1) is 21.0. The molecule has 204 valence electrons. The van der Waals surface area contributed by atoms with Gasteiger partial charge >= 0.3 is 0 Å². The molecule has 0 aliphatic carbocycles. The molecular weight excluding hydrogens is 548 g/mol. The van der Waals surface area contributed by atoms with Crippen LogP contribution in [0.2, 0.25) is 0 Å². The molecule has 0 bridgehead atoms. The van der Waals surface area contributed by atoms with Crippen molar-refractivity contribution < 1.29 is 8.42 Å². The maximum Gasteiger partial charge on any atom is 0.210 e. The number of para-hydroxylation sites is 1. The van der Waals surface area contributed by atoms with Gasteiger partial charge < -0.3 is 0 Å². The predicted molar refractivity (Wildman–Crippen MR) is 175 cm³/mol. The average Bonchev–Trinajstić information content (AvgIpc) is 3.38. The third-order valence-electron chi connectivity index (χ3n) is 8.85. The molecule has 1 aliphatic rings. The van der Waals surface area contributed by atoms with Crippen molar-refractivity contribution in [1.82, 2.24) is 9.55 Å². The fourth-order valence-corrected chi connectivity index (χ4v) is 8.67.